The van der Waals surface area contributed by atoms with Crippen molar-refractivity contribution in [3.63, 3.8) is 0 Å². The second-order valence-corrected chi connectivity index (χ2v) is 9.18. The van der Waals surface area contributed by atoms with Gasteiger partial charge in [-0.3, -0.25) is 9.52 Å². The van der Waals surface area contributed by atoms with E-state index in [1.807, 2.05) is 0 Å². The predicted molar refractivity (Wildman–Crippen MR) is 115 cm³/mol. The van der Waals surface area contributed by atoms with Crippen molar-refractivity contribution in [3.05, 3.63) is 88.6 Å². The Morgan fingerprint density at radius 2 is 2.03 bits per heavy atom. The van der Waals surface area contributed by atoms with E-state index in [1.54, 1.807) is 36.4 Å². The Bertz CT molecular complexity index is 1280. The van der Waals surface area contributed by atoms with E-state index in [0.29, 0.717) is 28.9 Å². The zero-order valence-corrected chi connectivity index (χ0v) is 17.8. The number of furan rings is 1. The van der Waals surface area contributed by atoms with Crippen molar-refractivity contribution in [1.29, 1.82) is 0 Å². The highest BCUT2D eigenvalue weighted by Gasteiger charge is 2.35. The summed E-state index contributed by atoms with van der Waals surface area (Å²) in [5.74, 6) is -0.917. The molecular formula is C21H17ClFN3O4S. The molecule has 1 atom stereocenters. The molecule has 0 radical (unpaired) electrons. The Morgan fingerprint density at radius 1 is 1.23 bits per heavy atom. The van der Waals surface area contributed by atoms with Gasteiger partial charge in [0.15, 0.2) is 5.76 Å². The third-order valence-electron chi connectivity index (χ3n) is 4.68. The van der Waals surface area contributed by atoms with E-state index in [-0.39, 0.29) is 10.8 Å². The Morgan fingerprint density at radius 3 is 2.71 bits per heavy atom. The number of nitrogens with zero attached hydrogens (tertiary/aromatic N) is 2. The number of nitrogens with one attached hydrogen (secondary N) is 1. The van der Waals surface area contributed by atoms with Crippen molar-refractivity contribution < 1.29 is 22.0 Å². The van der Waals surface area contributed by atoms with Crippen molar-refractivity contribution in [1.82, 2.24) is 5.01 Å². The predicted octanol–water partition coefficient (Wildman–Crippen LogP) is 4.44. The first-order valence-electron chi connectivity index (χ1n) is 9.19. The molecule has 160 valence electrons. The van der Waals surface area contributed by atoms with E-state index in [1.165, 1.54) is 29.5 Å². The van der Waals surface area contributed by atoms with E-state index in [2.05, 4.69) is 9.82 Å². The number of sulfonamides is 1. The Labute approximate surface area is 183 Å². The lowest BCUT2D eigenvalue weighted by Crippen LogP contribution is -2.26. The molecule has 31 heavy (non-hydrogen) atoms. The Hall–Kier alpha value is -3.17. The number of amides is 1. The molecule has 2 aromatic carbocycles. The van der Waals surface area contributed by atoms with Crippen LogP contribution in [0, 0.1) is 5.82 Å². The van der Waals surface area contributed by atoms with Gasteiger partial charge in [0, 0.05) is 12.1 Å². The van der Waals surface area contributed by atoms with Gasteiger partial charge < -0.3 is 4.42 Å². The maximum Gasteiger partial charge on any atom is 0.310 e. The zero-order chi connectivity index (χ0) is 22.2. The standard InChI is InChI=1S/C21H17ClFN3O4S/c1-31(28,29)25-15-5-2-4-13(10-15)18-12-19(14-7-8-17(23)16(22)11-14)26(24-18)21(27)20-6-3-9-30-20/h2-11,19,25H,12H2,1H3/t19-/m1/s1. The molecule has 0 aliphatic carbocycles. The molecule has 0 unspecified atom stereocenters. The van der Waals surface area contributed by atoms with Gasteiger partial charge in [-0.05, 0) is 47.5 Å². The van der Waals surface area contributed by atoms with Gasteiger partial charge in [-0.15, -0.1) is 0 Å². The van der Waals surface area contributed by atoms with Crippen LogP contribution in [0.25, 0.3) is 0 Å². The van der Waals surface area contributed by atoms with E-state index in [9.17, 15) is 17.6 Å². The summed E-state index contributed by atoms with van der Waals surface area (Å²) < 4.78 is 44.4. The first-order valence-corrected chi connectivity index (χ1v) is 11.5. The van der Waals surface area contributed by atoms with Gasteiger partial charge in [-0.2, -0.15) is 5.10 Å². The average molecular weight is 462 g/mol. The van der Waals surface area contributed by atoms with Crippen LogP contribution in [0.15, 0.2) is 70.4 Å². The summed E-state index contributed by atoms with van der Waals surface area (Å²) in [5.41, 5.74) is 2.18. The minimum Gasteiger partial charge on any atom is -0.459 e. The van der Waals surface area contributed by atoms with Crippen molar-refractivity contribution in [3.8, 4) is 0 Å². The van der Waals surface area contributed by atoms with Crippen LogP contribution in [-0.2, 0) is 10.0 Å². The third kappa shape index (κ3) is 4.62. The third-order valence-corrected chi connectivity index (χ3v) is 5.57. The van der Waals surface area contributed by atoms with Crippen LogP contribution in [0.2, 0.25) is 5.02 Å². The number of carbonyl (C=O) groups excluding carboxylic acids is 1. The average Bonchev–Trinajstić information content (AvgIpc) is 3.39. The molecule has 3 aromatic rings. The maximum atomic E-state index is 13.7. The number of hydrazone groups is 1. The molecule has 0 fully saturated rings. The summed E-state index contributed by atoms with van der Waals surface area (Å²) in [6.45, 7) is 0. The smallest absolute Gasteiger partial charge is 0.310 e. The SMILES string of the molecule is CS(=O)(=O)Nc1cccc(C2=NN(C(=O)c3ccco3)[C@@H](c3ccc(F)c(Cl)c3)C2)c1. The molecule has 1 N–H and O–H groups in total. The number of carbonyl (C=O) groups is 1. The van der Waals surface area contributed by atoms with Gasteiger partial charge in [0.2, 0.25) is 10.0 Å². The summed E-state index contributed by atoms with van der Waals surface area (Å²) in [4.78, 5) is 13.0. The quantitative estimate of drug-likeness (QED) is 0.608. The fraction of sp³-hybridized carbons (Fsp3) is 0.143. The van der Waals surface area contributed by atoms with Gasteiger partial charge in [0.1, 0.15) is 5.82 Å². The summed E-state index contributed by atoms with van der Waals surface area (Å²) >= 11 is 5.96. The van der Waals surface area contributed by atoms with Crippen molar-refractivity contribution in [2.24, 2.45) is 5.10 Å². The van der Waals surface area contributed by atoms with E-state index < -0.39 is 27.8 Å². The van der Waals surface area contributed by atoms with Crippen LogP contribution >= 0.6 is 11.6 Å². The van der Waals surface area contributed by atoms with E-state index in [0.717, 1.165) is 6.26 Å². The molecule has 0 spiro atoms. The van der Waals surface area contributed by atoms with E-state index in [4.69, 9.17) is 16.0 Å². The summed E-state index contributed by atoms with van der Waals surface area (Å²) in [5, 5.41) is 5.70. The van der Waals surface area contributed by atoms with Crippen LogP contribution in [0.5, 0.6) is 0 Å². The van der Waals surface area contributed by atoms with Gasteiger partial charge in [-0.1, -0.05) is 29.8 Å². The topological polar surface area (TPSA) is 92.0 Å². The van der Waals surface area contributed by atoms with Gasteiger partial charge >= 0.3 is 5.91 Å². The van der Waals surface area contributed by atoms with Crippen LogP contribution in [0.4, 0.5) is 10.1 Å². The molecule has 2 heterocycles. The van der Waals surface area contributed by atoms with Crippen molar-refractivity contribution in [2.45, 2.75) is 12.5 Å². The molecule has 0 saturated carbocycles. The lowest BCUT2D eigenvalue weighted by molar-refractivity contribution is 0.0678. The zero-order valence-electron chi connectivity index (χ0n) is 16.2. The number of anilines is 1. The molecule has 10 heteroatoms. The highest BCUT2D eigenvalue weighted by atomic mass is 35.5. The number of rotatable bonds is 5. The Kier molecular flexibility index (Phi) is 5.55. The molecule has 7 nitrogen and oxygen atoms in total. The minimum atomic E-state index is -3.45. The van der Waals surface area contributed by atoms with Crippen LogP contribution in [0.3, 0.4) is 0 Å². The molecule has 0 saturated heterocycles. The highest BCUT2D eigenvalue weighted by molar-refractivity contribution is 7.92. The molecule has 1 aromatic heterocycles. The van der Waals surface area contributed by atoms with Crippen LogP contribution < -0.4 is 4.72 Å². The van der Waals surface area contributed by atoms with E-state index >= 15 is 0 Å². The summed E-state index contributed by atoms with van der Waals surface area (Å²) in [6, 6.07) is 13.5. The lowest BCUT2D eigenvalue weighted by atomic mass is 9.98. The molecular weight excluding hydrogens is 445 g/mol. The summed E-state index contributed by atoms with van der Waals surface area (Å²) in [7, 11) is -3.45. The number of hydrogen-bond acceptors (Lipinski definition) is 5. The number of halogens is 2. The normalized spacial score (nSPS) is 16.3. The molecule has 1 aliphatic heterocycles. The number of hydrogen-bond donors (Lipinski definition) is 1. The fourth-order valence-corrected chi connectivity index (χ4v) is 4.08. The fourth-order valence-electron chi connectivity index (χ4n) is 3.34. The highest BCUT2D eigenvalue weighted by Crippen LogP contribution is 2.35. The first kappa shape index (κ1) is 21.1. The van der Waals surface area contributed by atoms with Crippen LogP contribution in [0.1, 0.15) is 34.1 Å². The summed E-state index contributed by atoms with van der Waals surface area (Å²) in [6.07, 6.45) is 2.76. The minimum absolute atomic E-state index is 0.0595. The lowest BCUT2D eigenvalue weighted by Gasteiger charge is -2.21. The first-order chi connectivity index (χ1) is 14.7. The molecule has 1 aliphatic rings. The Balaban J connectivity index is 1.72. The molecule has 4 rings (SSSR count). The largest absolute Gasteiger partial charge is 0.459 e. The van der Waals surface area contributed by atoms with Gasteiger partial charge in [0.05, 0.1) is 29.3 Å². The van der Waals surface area contributed by atoms with Crippen LogP contribution in [-0.4, -0.2) is 31.3 Å². The maximum absolute atomic E-state index is 13.7. The van der Waals surface area contributed by atoms with Gasteiger partial charge in [0.25, 0.3) is 0 Å². The van der Waals surface area contributed by atoms with Gasteiger partial charge in [-0.25, -0.2) is 17.8 Å². The second kappa shape index (κ2) is 8.16. The molecule has 1 amide bonds. The molecule has 0 bridgehead atoms. The van der Waals surface area contributed by atoms with Crippen molar-refractivity contribution in [2.75, 3.05) is 11.0 Å². The second-order valence-electron chi connectivity index (χ2n) is 7.02. The monoisotopic (exact) mass is 461 g/mol. The number of benzene rings is 2. The van der Waals surface area contributed by atoms with Crippen molar-refractivity contribution >= 4 is 38.9 Å².